The first-order valence-electron chi connectivity index (χ1n) is 5.76. The first-order valence-corrected chi connectivity index (χ1v) is 5.76. The van der Waals surface area contributed by atoms with Crippen LogP contribution in [0.3, 0.4) is 0 Å². The molecule has 2 aromatic rings. The summed E-state index contributed by atoms with van der Waals surface area (Å²) in [6, 6.07) is 5.65. The average molecular weight is 247 g/mol. The number of aryl methyl sites for hydroxylation is 1. The smallest absolute Gasteiger partial charge is 0.231 e. The van der Waals surface area contributed by atoms with E-state index in [0.29, 0.717) is 18.0 Å². The van der Waals surface area contributed by atoms with Crippen molar-refractivity contribution >= 4 is 0 Å². The van der Waals surface area contributed by atoms with Gasteiger partial charge in [0.15, 0.2) is 11.5 Å². The number of hydrogen-bond acceptors (Lipinski definition) is 5. The fraction of sp³-hybridized carbons (Fsp3) is 0.333. The van der Waals surface area contributed by atoms with E-state index in [1.54, 1.807) is 4.68 Å². The molecule has 0 saturated carbocycles. The summed E-state index contributed by atoms with van der Waals surface area (Å²) in [6.45, 7) is 2.78. The van der Waals surface area contributed by atoms with Crippen LogP contribution in [0.5, 0.6) is 11.5 Å². The Morgan fingerprint density at radius 3 is 2.94 bits per heavy atom. The van der Waals surface area contributed by atoms with Gasteiger partial charge in [-0.15, -0.1) is 5.10 Å². The third kappa shape index (κ3) is 1.62. The summed E-state index contributed by atoms with van der Waals surface area (Å²) < 4.78 is 12.4. The predicted octanol–water partition coefficient (Wildman–Crippen LogP) is 1.19. The number of ether oxygens (including phenoxy) is 2. The molecule has 1 aromatic carbocycles. The minimum Gasteiger partial charge on any atom is -0.454 e. The summed E-state index contributed by atoms with van der Waals surface area (Å²) in [7, 11) is 0. The molecule has 2 heterocycles. The van der Waals surface area contributed by atoms with Gasteiger partial charge in [0.25, 0.3) is 0 Å². The number of aliphatic hydroxyl groups is 1. The molecule has 0 saturated heterocycles. The summed E-state index contributed by atoms with van der Waals surface area (Å²) in [5, 5.41) is 17.3. The molecule has 6 nitrogen and oxygen atoms in total. The van der Waals surface area contributed by atoms with Crippen LogP contribution in [-0.4, -0.2) is 26.9 Å². The van der Waals surface area contributed by atoms with E-state index in [1.165, 1.54) is 0 Å². The van der Waals surface area contributed by atoms with Crippen LogP contribution in [0.2, 0.25) is 0 Å². The molecule has 1 aliphatic heterocycles. The molecule has 6 heteroatoms. The molecule has 0 radical (unpaired) electrons. The Kier molecular flexibility index (Phi) is 2.64. The van der Waals surface area contributed by atoms with Crippen molar-refractivity contribution in [1.82, 2.24) is 15.0 Å². The van der Waals surface area contributed by atoms with E-state index in [0.717, 1.165) is 17.0 Å². The Hall–Kier alpha value is -2.08. The molecule has 0 amide bonds. The largest absolute Gasteiger partial charge is 0.454 e. The molecule has 3 rings (SSSR count). The SMILES string of the molecule is CCn1nnc(CO)c1-c1ccc2c(c1)OCO2. The monoisotopic (exact) mass is 247 g/mol. The maximum atomic E-state index is 9.31. The Bertz CT molecular complexity index is 558. The van der Waals surface area contributed by atoms with Crippen LogP contribution < -0.4 is 9.47 Å². The number of hydrogen-bond donors (Lipinski definition) is 1. The van der Waals surface area contributed by atoms with Crippen LogP contribution in [0, 0.1) is 0 Å². The van der Waals surface area contributed by atoms with Gasteiger partial charge in [0.2, 0.25) is 6.79 Å². The molecular weight excluding hydrogens is 234 g/mol. The highest BCUT2D eigenvalue weighted by atomic mass is 16.7. The normalized spacial score (nSPS) is 13.0. The fourth-order valence-electron chi connectivity index (χ4n) is 2.04. The summed E-state index contributed by atoms with van der Waals surface area (Å²) in [4.78, 5) is 0. The summed E-state index contributed by atoms with van der Waals surface area (Å²) in [6.07, 6.45) is 0. The number of aliphatic hydroxyl groups excluding tert-OH is 1. The molecule has 0 unspecified atom stereocenters. The highest BCUT2D eigenvalue weighted by Gasteiger charge is 2.18. The molecule has 1 aliphatic rings. The van der Waals surface area contributed by atoms with Crippen LogP contribution in [0.4, 0.5) is 0 Å². The maximum Gasteiger partial charge on any atom is 0.231 e. The lowest BCUT2D eigenvalue weighted by Gasteiger charge is -2.06. The molecule has 18 heavy (non-hydrogen) atoms. The van der Waals surface area contributed by atoms with Crippen molar-refractivity contribution in [3.63, 3.8) is 0 Å². The fourth-order valence-corrected chi connectivity index (χ4v) is 2.04. The zero-order valence-electron chi connectivity index (χ0n) is 9.96. The minimum atomic E-state index is -0.135. The van der Waals surface area contributed by atoms with Crippen LogP contribution in [0.15, 0.2) is 18.2 Å². The van der Waals surface area contributed by atoms with E-state index in [1.807, 2.05) is 25.1 Å². The van der Waals surface area contributed by atoms with Crippen molar-refractivity contribution < 1.29 is 14.6 Å². The van der Waals surface area contributed by atoms with Crippen molar-refractivity contribution in [3.8, 4) is 22.8 Å². The van der Waals surface area contributed by atoms with Crippen LogP contribution in [0.1, 0.15) is 12.6 Å². The van der Waals surface area contributed by atoms with Crippen molar-refractivity contribution in [2.75, 3.05) is 6.79 Å². The van der Waals surface area contributed by atoms with E-state index >= 15 is 0 Å². The summed E-state index contributed by atoms with van der Waals surface area (Å²) >= 11 is 0. The minimum absolute atomic E-state index is 0.135. The van der Waals surface area contributed by atoms with Gasteiger partial charge >= 0.3 is 0 Å². The first kappa shape index (κ1) is 11.0. The number of fused-ring (bicyclic) bond motifs is 1. The lowest BCUT2D eigenvalue weighted by atomic mass is 10.1. The average Bonchev–Trinajstić information content (AvgIpc) is 3.03. The van der Waals surface area contributed by atoms with Gasteiger partial charge in [-0.2, -0.15) is 0 Å². The van der Waals surface area contributed by atoms with Gasteiger partial charge in [0, 0.05) is 12.1 Å². The molecule has 94 valence electrons. The standard InChI is InChI=1S/C12H13N3O3/c1-2-15-12(9(6-16)13-14-15)8-3-4-10-11(5-8)18-7-17-10/h3-5,16H,2,6-7H2,1H3. The van der Waals surface area contributed by atoms with Crippen LogP contribution >= 0.6 is 0 Å². The quantitative estimate of drug-likeness (QED) is 0.882. The number of aromatic nitrogens is 3. The molecule has 0 spiro atoms. The Balaban J connectivity index is 2.11. The lowest BCUT2D eigenvalue weighted by Crippen LogP contribution is -2.00. The van der Waals surface area contributed by atoms with E-state index in [4.69, 9.17) is 9.47 Å². The Labute approximate surface area is 104 Å². The number of rotatable bonds is 3. The second kappa shape index (κ2) is 4.30. The zero-order valence-corrected chi connectivity index (χ0v) is 9.96. The van der Waals surface area contributed by atoms with Gasteiger partial charge in [0.1, 0.15) is 5.69 Å². The van der Waals surface area contributed by atoms with E-state index in [9.17, 15) is 5.11 Å². The summed E-state index contributed by atoms with van der Waals surface area (Å²) in [5.74, 6) is 1.44. The zero-order chi connectivity index (χ0) is 12.5. The van der Waals surface area contributed by atoms with Gasteiger partial charge < -0.3 is 14.6 Å². The van der Waals surface area contributed by atoms with Crippen molar-refractivity contribution in [2.24, 2.45) is 0 Å². The van der Waals surface area contributed by atoms with Gasteiger partial charge in [-0.3, -0.25) is 0 Å². The van der Waals surface area contributed by atoms with Crippen molar-refractivity contribution in [1.29, 1.82) is 0 Å². The molecular formula is C12H13N3O3. The lowest BCUT2D eigenvalue weighted by molar-refractivity contribution is 0.174. The third-order valence-electron chi connectivity index (χ3n) is 2.90. The molecule has 0 bridgehead atoms. The number of nitrogens with zero attached hydrogens (tertiary/aromatic N) is 3. The Morgan fingerprint density at radius 2 is 2.17 bits per heavy atom. The third-order valence-corrected chi connectivity index (χ3v) is 2.90. The number of benzene rings is 1. The van der Waals surface area contributed by atoms with Crippen molar-refractivity contribution in [3.05, 3.63) is 23.9 Å². The van der Waals surface area contributed by atoms with E-state index < -0.39 is 0 Å². The topological polar surface area (TPSA) is 69.4 Å². The molecule has 0 atom stereocenters. The highest BCUT2D eigenvalue weighted by Crippen LogP contribution is 2.36. The maximum absolute atomic E-state index is 9.31. The second-order valence-corrected chi connectivity index (χ2v) is 3.93. The second-order valence-electron chi connectivity index (χ2n) is 3.93. The molecule has 1 N–H and O–H groups in total. The summed E-state index contributed by atoms with van der Waals surface area (Å²) in [5.41, 5.74) is 2.30. The predicted molar refractivity (Wildman–Crippen MR) is 63.2 cm³/mol. The van der Waals surface area contributed by atoms with Crippen molar-refractivity contribution in [2.45, 2.75) is 20.1 Å². The van der Waals surface area contributed by atoms with Gasteiger partial charge in [0.05, 0.1) is 12.3 Å². The van der Waals surface area contributed by atoms with E-state index in [2.05, 4.69) is 10.3 Å². The Morgan fingerprint density at radius 1 is 1.33 bits per heavy atom. The van der Waals surface area contributed by atoms with Gasteiger partial charge in [-0.1, -0.05) is 5.21 Å². The first-order chi connectivity index (χ1) is 8.83. The molecule has 1 aromatic heterocycles. The van der Waals surface area contributed by atoms with Crippen LogP contribution in [-0.2, 0) is 13.2 Å². The van der Waals surface area contributed by atoms with E-state index in [-0.39, 0.29) is 13.4 Å². The van der Waals surface area contributed by atoms with Gasteiger partial charge in [-0.05, 0) is 25.1 Å². The van der Waals surface area contributed by atoms with Crippen LogP contribution in [0.25, 0.3) is 11.3 Å². The molecule has 0 fully saturated rings. The van der Waals surface area contributed by atoms with Gasteiger partial charge in [-0.25, -0.2) is 4.68 Å². The highest BCUT2D eigenvalue weighted by molar-refractivity contribution is 5.66. The molecule has 0 aliphatic carbocycles.